The molecule has 0 amide bonds. The van der Waals surface area contributed by atoms with Crippen LogP contribution in [0.1, 0.15) is 30.5 Å². The highest BCUT2D eigenvalue weighted by Crippen LogP contribution is 2.32. The molecule has 0 radical (unpaired) electrons. The fourth-order valence-corrected chi connectivity index (χ4v) is 4.73. The van der Waals surface area contributed by atoms with Crippen LogP contribution in [0, 0.1) is 12.7 Å². The van der Waals surface area contributed by atoms with Gasteiger partial charge in [-0.3, -0.25) is 4.68 Å². The third-order valence-corrected chi connectivity index (χ3v) is 6.30. The zero-order valence-corrected chi connectivity index (χ0v) is 17.3. The molecule has 2 aromatic heterocycles. The standard InChI is InChI=1S/C24H26FN5/c1-15-11-24(27-21-10-7-16(25)12-20(15)21)30(18-9-8-17(26)13-18)14-22-19-5-3-4-6-23(19)29(2)28-22/h3-7,10-12,17-18H,8-9,13-14,26H2,1-2H3. The number of halogens is 1. The molecule has 30 heavy (non-hydrogen) atoms. The lowest BCUT2D eigenvalue weighted by Gasteiger charge is -2.30. The summed E-state index contributed by atoms with van der Waals surface area (Å²) in [5.74, 6) is 0.666. The molecular weight excluding hydrogens is 377 g/mol. The summed E-state index contributed by atoms with van der Waals surface area (Å²) in [5, 5.41) is 6.82. The molecule has 2 N–H and O–H groups in total. The fraction of sp³-hybridized carbons (Fsp3) is 0.333. The summed E-state index contributed by atoms with van der Waals surface area (Å²) in [4.78, 5) is 7.26. The maximum absolute atomic E-state index is 13.7. The van der Waals surface area contributed by atoms with E-state index in [1.54, 1.807) is 12.1 Å². The Labute approximate surface area is 175 Å². The molecule has 2 unspecified atom stereocenters. The second kappa shape index (κ2) is 7.36. The van der Waals surface area contributed by atoms with Crippen LogP contribution in [0.25, 0.3) is 21.8 Å². The first-order valence-electron chi connectivity index (χ1n) is 10.5. The van der Waals surface area contributed by atoms with Crippen LogP contribution < -0.4 is 10.6 Å². The largest absolute Gasteiger partial charge is 0.348 e. The van der Waals surface area contributed by atoms with E-state index in [2.05, 4.69) is 29.2 Å². The summed E-state index contributed by atoms with van der Waals surface area (Å²) in [5.41, 5.74) is 10.2. The molecule has 1 aliphatic carbocycles. The second-order valence-electron chi connectivity index (χ2n) is 8.40. The van der Waals surface area contributed by atoms with Gasteiger partial charge in [0.1, 0.15) is 11.6 Å². The number of pyridine rings is 1. The minimum absolute atomic E-state index is 0.216. The molecule has 154 valence electrons. The number of fused-ring (bicyclic) bond motifs is 2. The van der Waals surface area contributed by atoms with Gasteiger partial charge in [0.25, 0.3) is 0 Å². The summed E-state index contributed by atoms with van der Waals surface area (Å²) >= 11 is 0. The number of nitrogens with zero attached hydrogens (tertiary/aromatic N) is 4. The van der Waals surface area contributed by atoms with E-state index < -0.39 is 0 Å². The van der Waals surface area contributed by atoms with Crippen molar-refractivity contribution >= 4 is 27.6 Å². The van der Waals surface area contributed by atoms with Gasteiger partial charge in [-0.2, -0.15) is 5.10 Å². The maximum atomic E-state index is 13.7. The number of rotatable bonds is 4. The number of hydrogen-bond donors (Lipinski definition) is 1. The molecule has 1 aliphatic rings. The van der Waals surface area contributed by atoms with Crippen molar-refractivity contribution in [3.63, 3.8) is 0 Å². The molecule has 4 aromatic rings. The van der Waals surface area contributed by atoms with Crippen LogP contribution in [0.3, 0.4) is 0 Å². The third-order valence-electron chi connectivity index (χ3n) is 6.30. The normalized spacial score (nSPS) is 19.1. The van der Waals surface area contributed by atoms with Crippen molar-refractivity contribution in [2.75, 3.05) is 4.90 Å². The summed E-state index contributed by atoms with van der Waals surface area (Å²) < 4.78 is 15.7. The summed E-state index contributed by atoms with van der Waals surface area (Å²) in [7, 11) is 1.98. The van der Waals surface area contributed by atoms with E-state index in [1.807, 2.05) is 24.7 Å². The van der Waals surface area contributed by atoms with Gasteiger partial charge in [0.05, 0.1) is 23.3 Å². The Balaban J connectivity index is 1.60. The highest BCUT2D eigenvalue weighted by Gasteiger charge is 2.29. The van der Waals surface area contributed by atoms with E-state index in [-0.39, 0.29) is 11.9 Å². The predicted molar refractivity (Wildman–Crippen MR) is 119 cm³/mol. The van der Waals surface area contributed by atoms with Crippen molar-refractivity contribution in [1.29, 1.82) is 0 Å². The van der Waals surface area contributed by atoms with E-state index in [1.165, 1.54) is 6.07 Å². The maximum Gasteiger partial charge on any atom is 0.130 e. The monoisotopic (exact) mass is 403 g/mol. The van der Waals surface area contributed by atoms with Crippen molar-refractivity contribution in [1.82, 2.24) is 14.8 Å². The molecule has 0 bridgehead atoms. The first-order chi connectivity index (χ1) is 14.5. The molecule has 2 aromatic carbocycles. The van der Waals surface area contributed by atoms with Gasteiger partial charge in [-0.05, 0) is 62.1 Å². The van der Waals surface area contributed by atoms with Crippen LogP contribution >= 0.6 is 0 Å². The van der Waals surface area contributed by atoms with Gasteiger partial charge in [-0.15, -0.1) is 0 Å². The molecule has 0 spiro atoms. The minimum atomic E-state index is -0.237. The summed E-state index contributed by atoms with van der Waals surface area (Å²) in [6.45, 7) is 2.68. The average molecular weight is 404 g/mol. The molecule has 2 atom stereocenters. The third kappa shape index (κ3) is 3.31. The Morgan fingerprint density at radius 3 is 2.77 bits per heavy atom. The lowest BCUT2D eigenvalue weighted by Crippen LogP contribution is -2.35. The number of aryl methyl sites for hydroxylation is 2. The van der Waals surface area contributed by atoms with Crippen LogP contribution in [-0.4, -0.2) is 26.8 Å². The molecule has 0 aliphatic heterocycles. The number of nitrogens with two attached hydrogens (primary N) is 1. The van der Waals surface area contributed by atoms with Gasteiger partial charge in [0, 0.05) is 29.9 Å². The second-order valence-corrected chi connectivity index (χ2v) is 8.40. The number of hydrogen-bond acceptors (Lipinski definition) is 4. The molecular formula is C24H26FN5. The minimum Gasteiger partial charge on any atom is -0.348 e. The Bertz CT molecular complexity index is 1230. The van der Waals surface area contributed by atoms with Gasteiger partial charge < -0.3 is 10.6 Å². The van der Waals surface area contributed by atoms with Crippen LogP contribution in [0.5, 0.6) is 0 Å². The summed E-state index contributed by atoms with van der Waals surface area (Å²) in [6.07, 6.45) is 2.99. The zero-order valence-electron chi connectivity index (χ0n) is 17.3. The quantitative estimate of drug-likeness (QED) is 0.547. The Morgan fingerprint density at radius 1 is 1.13 bits per heavy atom. The smallest absolute Gasteiger partial charge is 0.130 e. The van der Waals surface area contributed by atoms with Crippen LogP contribution in [0.15, 0.2) is 48.5 Å². The van der Waals surface area contributed by atoms with Crippen molar-refractivity contribution in [3.8, 4) is 0 Å². The lowest BCUT2D eigenvalue weighted by atomic mass is 10.1. The number of anilines is 1. The molecule has 5 rings (SSSR count). The van der Waals surface area contributed by atoms with Crippen molar-refractivity contribution in [2.45, 2.75) is 44.8 Å². The molecule has 2 heterocycles. The van der Waals surface area contributed by atoms with E-state index in [0.29, 0.717) is 12.6 Å². The molecule has 5 nitrogen and oxygen atoms in total. The summed E-state index contributed by atoms with van der Waals surface area (Å²) in [6, 6.07) is 15.7. The van der Waals surface area contributed by atoms with Crippen molar-refractivity contribution in [3.05, 3.63) is 65.6 Å². The highest BCUT2D eigenvalue weighted by atomic mass is 19.1. The van der Waals surface area contributed by atoms with E-state index >= 15 is 0 Å². The molecule has 6 heteroatoms. The predicted octanol–water partition coefficient (Wildman–Crippen LogP) is 4.46. The van der Waals surface area contributed by atoms with Gasteiger partial charge in [0.2, 0.25) is 0 Å². The SMILES string of the molecule is Cc1cc(N(Cc2nn(C)c3ccccc23)C2CCC(N)C2)nc2ccc(F)cc12. The van der Waals surface area contributed by atoms with Crippen LogP contribution in [-0.2, 0) is 13.6 Å². The Hall–Kier alpha value is -2.99. The average Bonchev–Trinajstić information content (AvgIpc) is 3.30. The topological polar surface area (TPSA) is 60.0 Å². The van der Waals surface area contributed by atoms with Gasteiger partial charge >= 0.3 is 0 Å². The van der Waals surface area contributed by atoms with E-state index in [4.69, 9.17) is 15.8 Å². The fourth-order valence-electron chi connectivity index (χ4n) is 4.73. The van der Waals surface area contributed by atoms with Crippen LogP contribution in [0.2, 0.25) is 0 Å². The Morgan fingerprint density at radius 2 is 1.97 bits per heavy atom. The highest BCUT2D eigenvalue weighted by molar-refractivity contribution is 5.85. The number of para-hydroxylation sites is 1. The van der Waals surface area contributed by atoms with Crippen molar-refractivity contribution in [2.24, 2.45) is 12.8 Å². The van der Waals surface area contributed by atoms with Crippen LogP contribution in [0.4, 0.5) is 10.2 Å². The first kappa shape index (κ1) is 19.0. The van der Waals surface area contributed by atoms with E-state index in [9.17, 15) is 4.39 Å². The van der Waals surface area contributed by atoms with Gasteiger partial charge in [-0.1, -0.05) is 18.2 Å². The molecule has 1 saturated carbocycles. The molecule has 1 fully saturated rings. The molecule has 0 saturated heterocycles. The van der Waals surface area contributed by atoms with E-state index in [0.717, 1.165) is 58.1 Å². The Kier molecular flexibility index (Phi) is 4.66. The number of aromatic nitrogens is 3. The van der Waals surface area contributed by atoms with Crippen molar-refractivity contribution < 1.29 is 4.39 Å². The lowest BCUT2D eigenvalue weighted by molar-refractivity contribution is 0.579. The van der Waals surface area contributed by atoms with Gasteiger partial charge in [-0.25, -0.2) is 9.37 Å². The first-order valence-corrected chi connectivity index (χ1v) is 10.5. The van der Waals surface area contributed by atoms with Gasteiger partial charge in [0.15, 0.2) is 0 Å². The zero-order chi connectivity index (χ0) is 20.8. The number of benzene rings is 2.